The predicted molar refractivity (Wildman–Crippen MR) is 381 cm³/mol. The summed E-state index contributed by atoms with van der Waals surface area (Å²) < 4.78 is 0. The first-order valence-corrected chi connectivity index (χ1v) is 35.1. The highest BCUT2D eigenvalue weighted by molar-refractivity contribution is 6.00. The number of aliphatic hydroxyl groups is 2. The summed E-state index contributed by atoms with van der Waals surface area (Å²) in [6.45, 7) is 9.49. The molecule has 0 radical (unpaired) electrons. The smallest absolute Gasteiger partial charge is 0.326 e. The molecular weight excluding hydrogens is 1410 g/mol. The number of amides is 14. The zero-order chi connectivity index (χ0) is 80.8. The number of H-pyrrole nitrogens is 1. The molecule has 598 valence electrons. The van der Waals surface area contributed by atoms with Gasteiger partial charge in [-0.3, -0.25) is 71.9 Å². The molecule has 40 nitrogen and oxygen atoms in total. The molecule has 0 spiro atoms. The van der Waals surface area contributed by atoms with Crippen molar-refractivity contribution in [3.05, 3.63) is 48.0 Å². The van der Waals surface area contributed by atoms with Crippen molar-refractivity contribution in [3.63, 3.8) is 0 Å². The Bertz CT molecular complexity index is 3300. The van der Waals surface area contributed by atoms with Crippen LogP contribution in [-0.2, 0) is 89.6 Å². The first kappa shape index (κ1) is 92.6. The number of carbonyl (C=O) groups is 16. The summed E-state index contributed by atoms with van der Waals surface area (Å²) in [5, 5.41) is 79.1. The molecule has 40 heteroatoms. The number of carbonyl (C=O) groups excluding carboxylic acids is 14. The van der Waals surface area contributed by atoms with E-state index in [0.717, 1.165) is 6.92 Å². The van der Waals surface area contributed by atoms with Crippen molar-refractivity contribution in [2.24, 2.45) is 46.4 Å². The summed E-state index contributed by atoms with van der Waals surface area (Å²) in [4.78, 5) is 222. The molecule has 28 N–H and O–H groups in total. The van der Waals surface area contributed by atoms with Crippen LogP contribution in [0.2, 0.25) is 0 Å². The number of aromatic amines is 1. The van der Waals surface area contributed by atoms with Crippen LogP contribution in [0.1, 0.15) is 143 Å². The summed E-state index contributed by atoms with van der Waals surface area (Å²) in [7, 11) is 0. The number of carboxylic acid groups (broad SMARTS) is 2. The summed E-state index contributed by atoms with van der Waals surface area (Å²) in [5.74, 6) is -18.7. The number of aliphatic hydroxyl groups excluding tert-OH is 2. The molecule has 1 heterocycles. The van der Waals surface area contributed by atoms with Gasteiger partial charge in [-0.25, -0.2) is 9.78 Å². The van der Waals surface area contributed by atoms with Gasteiger partial charge in [0.25, 0.3) is 0 Å². The van der Waals surface area contributed by atoms with Gasteiger partial charge in [0.15, 0.2) is 0 Å². The first-order valence-electron chi connectivity index (χ1n) is 35.1. The molecule has 0 aliphatic carbocycles. The molecular formula is C67H109N19O21. The number of hydrogen-bond acceptors (Lipinski definition) is 23. The zero-order valence-corrected chi connectivity index (χ0v) is 61.2. The van der Waals surface area contributed by atoms with Gasteiger partial charge in [-0.15, -0.1) is 0 Å². The number of aliphatic carboxylic acids is 2. The van der Waals surface area contributed by atoms with Crippen molar-refractivity contribution in [2.75, 3.05) is 26.2 Å². The number of phenolic OH excluding ortho intramolecular Hbond substituents is 1. The molecule has 2 rings (SSSR count). The van der Waals surface area contributed by atoms with E-state index in [1.807, 2.05) is 0 Å². The topological polar surface area (TPSA) is 677 Å². The zero-order valence-electron chi connectivity index (χ0n) is 61.2. The Labute approximate surface area is 618 Å². The van der Waals surface area contributed by atoms with Gasteiger partial charge in [0.2, 0.25) is 82.7 Å². The maximum Gasteiger partial charge on any atom is 0.326 e. The highest BCUT2D eigenvalue weighted by Gasteiger charge is 2.38. The van der Waals surface area contributed by atoms with Crippen molar-refractivity contribution in [3.8, 4) is 5.75 Å². The lowest BCUT2D eigenvalue weighted by Crippen LogP contribution is -2.62. The van der Waals surface area contributed by atoms with E-state index in [4.69, 9.17) is 28.7 Å². The first-order chi connectivity index (χ1) is 50.3. The Morgan fingerprint density at radius 3 is 1.43 bits per heavy atom. The lowest BCUT2D eigenvalue weighted by Gasteiger charge is -2.29. The van der Waals surface area contributed by atoms with E-state index >= 15 is 0 Å². The summed E-state index contributed by atoms with van der Waals surface area (Å²) in [6.07, 6.45) is -1.62. The molecule has 2 aromatic rings. The van der Waals surface area contributed by atoms with Crippen LogP contribution in [0, 0.1) is 17.8 Å². The minimum Gasteiger partial charge on any atom is -0.508 e. The average Bonchev–Trinajstić information content (AvgIpc) is 1.30. The predicted octanol–water partition coefficient (Wildman–Crippen LogP) is -6.85. The van der Waals surface area contributed by atoms with Crippen LogP contribution in [0.5, 0.6) is 5.75 Å². The number of benzene rings is 1. The fourth-order valence-electron chi connectivity index (χ4n) is 10.6. The maximum absolute atomic E-state index is 14.6. The van der Waals surface area contributed by atoms with Gasteiger partial charge in [-0.1, -0.05) is 53.7 Å². The van der Waals surface area contributed by atoms with Gasteiger partial charge in [0.05, 0.1) is 38.0 Å². The van der Waals surface area contributed by atoms with Crippen molar-refractivity contribution in [1.29, 1.82) is 0 Å². The lowest BCUT2D eigenvalue weighted by molar-refractivity contribution is -0.143. The van der Waals surface area contributed by atoms with Crippen LogP contribution < -0.4 is 92.5 Å². The Morgan fingerprint density at radius 2 is 0.925 bits per heavy atom. The minimum atomic E-state index is -1.93. The molecule has 107 heavy (non-hydrogen) atoms. The number of imidazole rings is 1. The van der Waals surface area contributed by atoms with Crippen LogP contribution >= 0.6 is 0 Å². The second-order valence-electron chi connectivity index (χ2n) is 27.0. The third-order valence-corrected chi connectivity index (χ3v) is 16.4. The number of nitrogens with one attached hydrogen (secondary N) is 13. The van der Waals surface area contributed by atoms with E-state index < -0.39 is 224 Å². The minimum absolute atomic E-state index is 0.0329. The van der Waals surface area contributed by atoms with Gasteiger partial charge < -0.3 is 123 Å². The number of rotatable bonds is 52. The largest absolute Gasteiger partial charge is 0.508 e. The van der Waals surface area contributed by atoms with E-state index in [0.29, 0.717) is 24.8 Å². The van der Waals surface area contributed by atoms with E-state index in [2.05, 4.69) is 73.8 Å². The number of nitrogens with zero attached hydrogens (tertiary/aromatic N) is 1. The van der Waals surface area contributed by atoms with Gasteiger partial charge in [-0.05, 0) is 120 Å². The highest BCUT2D eigenvalue weighted by Crippen LogP contribution is 2.16. The van der Waals surface area contributed by atoms with Crippen molar-refractivity contribution >= 4 is 94.6 Å². The average molecular weight is 1520 g/mol. The van der Waals surface area contributed by atoms with E-state index in [1.54, 1.807) is 27.7 Å². The van der Waals surface area contributed by atoms with Crippen LogP contribution in [0.25, 0.3) is 0 Å². The SMILES string of the molecule is CC(C)C[C@H](NC(=O)CNC(=O)[C@H](CCC(N)=O)NC(=O)[C@H](Cc1cnc[nH]1)NC(=O)[C@H](CCCCN)NC(=O)[C@@H](NC(=O)[C@H](Cc1ccc(O)cc1)NC(=O)[C@H](CO)NC(=O)[C@H](CCC(=O)O)NC(=O)[C@@H](NC(=O)[C@@H](N)CC(C)C)[C@@H](C)O)C(C)C)C(=O)N[C@@H](CC(N)=O)C(=O)N[C@@H](CCCCN)C(=O)O. The van der Waals surface area contributed by atoms with Gasteiger partial charge >= 0.3 is 11.9 Å². The third kappa shape index (κ3) is 35.5. The number of primary amides is 2. The van der Waals surface area contributed by atoms with E-state index in [1.165, 1.54) is 50.6 Å². The Morgan fingerprint density at radius 1 is 0.477 bits per heavy atom. The molecule has 1 aromatic heterocycles. The Hall–Kier alpha value is -10.4. The molecule has 0 aliphatic heterocycles. The summed E-state index contributed by atoms with van der Waals surface area (Å²) in [6, 6.07) is -13.8. The number of hydrogen-bond donors (Lipinski definition) is 23. The van der Waals surface area contributed by atoms with Crippen LogP contribution in [-0.4, -0.2) is 235 Å². The quantitative estimate of drug-likeness (QED) is 0.0274. The fraction of sp³-hybridized carbons (Fsp3) is 0.627. The van der Waals surface area contributed by atoms with Crippen LogP contribution in [0.4, 0.5) is 0 Å². The van der Waals surface area contributed by atoms with Crippen molar-refractivity contribution in [1.82, 2.24) is 73.8 Å². The van der Waals surface area contributed by atoms with Gasteiger partial charge in [-0.2, -0.15) is 0 Å². The Balaban J connectivity index is 2.49. The van der Waals surface area contributed by atoms with E-state index in [9.17, 15) is 102 Å². The molecule has 0 fully saturated rings. The third-order valence-electron chi connectivity index (χ3n) is 16.4. The molecule has 0 unspecified atom stereocenters. The monoisotopic (exact) mass is 1520 g/mol. The maximum atomic E-state index is 14.6. The Kier molecular flexibility index (Phi) is 41.5. The molecule has 14 amide bonds. The molecule has 1 aromatic carbocycles. The molecule has 0 bridgehead atoms. The molecule has 0 saturated heterocycles. The normalized spacial score (nSPS) is 14.9. The number of aromatic nitrogens is 2. The molecule has 13 atom stereocenters. The van der Waals surface area contributed by atoms with Crippen molar-refractivity contribution in [2.45, 2.75) is 223 Å². The highest BCUT2D eigenvalue weighted by atomic mass is 16.4. The van der Waals surface area contributed by atoms with Gasteiger partial charge in [0, 0.05) is 37.6 Å². The van der Waals surface area contributed by atoms with Crippen molar-refractivity contribution < 1.29 is 102 Å². The summed E-state index contributed by atoms with van der Waals surface area (Å²) in [5.41, 5.74) is 28.7. The number of carboxylic acids is 2. The number of nitrogens with two attached hydrogens (primary N) is 5. The second-order valence-corrected chi connectivity index (χ2v) is 27.0. The molecule has 0 aliphatic rings. The molecule has 0 saturated carbocycles. The number of aromatic hydroxyl groups is 1. The van der Waals surface area contributed by atoms with Gasteiger partial charge in [0.1, 0.15) is 72.2 Å². The standard InChI is InChI=1S/C67H109N19O21/c1-33(2)24-40(70)56(95)86-55(36(7)88)66(105)79-43(19-21-53(93)94)59(98)84-49(31-87)64(103)81-46(26-37-14-16-39(89)17-15-37)63(102)85-54(35(5)6)65(104)78-41(12-8-10-22-68)58(97)82-47(27-38-29-73-32-75-38)61(100)77-42(18-20-50(71)90)57(96)74-30-52(92)76-45(25-34(3)4)60(99)83-48(28-51(72)91)62(101)80-44(67(106)107)13-9-11-23-69/h14-17,29,32-36,40-49,54-55,87-89H,8-13,18-28,30-31,68-70H2,1-7H3,(H2,71,90)(H2,72,91)(H,73,75)(H,74,96)(H,76,92)(H,77,100)(H,78,104)(H,79,105)(H,80,101)(H,81,103)(H,82,97)(H,83,99)(H,84,98)(H,85,102)(H,86,95)(H,93,94)(H,106,107)/t36-,40+,41+,42+,43+,44+,45+,46+,47+,48+,49+,54+,55+/m1/s1. The van der Waals surface area contributed by atoms with Crippen LogP contribution in [0.15, 0.2) is 36.8 Å². The number of unbranched alkanes of at least 4 members (excludes halogenated alkanes) is 2. The lowest BCUT2D eigenvalue weighted by atomic mass is 9.99. The number of phenols is 1. The second kappa shape index (κ2) is 47.9. The van der Waals surface area contributed by atoms with Crippen LogP contribution in [0.3, 0.4) is 0 Å². The summed E-state index contributed by atoms with van der Waals surface area (Å²) >= 11 is 0. The fourth-order valence-corrected chi connectivity index (χ4v) is 10.6. The van der Waals surface area contributed by atoms with E-state index in [-0.39, 0.29) is 81.3 Å².